The van der Waals surface area contributed by atoms with E-state index in [2.05, 4.69) is 19.2 Å². The van der Waals surface area contributed by atoms with Gasteiger partial charge in [0.05, 0.1) is 39.9 Å². The van der Waals surface area contributed by atoms with E-state index in [1.54, 1.807) is 0 Å². The molecule has 366 valence electrons. The van der Waals surface area contributed by atoms with Crippen molar-refractivity contribution in [3.8, 4) is 0 Å². The molecule has 0 rings (SSSR count). The summed E-state index contributed by atoms with van der Waals surface area (Å²) in [6, 6.07) is -0.751. The Labute approximate surface area is 380 Å². The molecule has 0 saturated heterocycles. The van der Waals surface area contributed by atoms with Gasteiger partial charge in [-0.3, -0.25) is 13.8 Å². The van der Waals surface area contributed by atoms with Crippen LogP contribution in [0.4, 0.5) is 0 Å². The van der Waals surface area contributed by atoms with E-state index < -0.39 is 20.0 Å². The number of aliphatic hydroxyl groups is 1. The van der Waals surface area contributed by atoms with Crippen LogP contribution in [0.5, 0.6) is 0 Å². The minimum Gasteiger partial charge on any atom is -0.391 e. The SMILES string of the molecule is CCCCCCCCCCCCCCCCCCCCCCCCCCCCCCCCCCCC(=O)NC(COP(=O)(O)OCC[N+](C)(C)C)C(O)CCCCCCCC. The van der Waals surface area contributed by atoms with E-state index in [0.29, 0.717) is 23.9 Å². The van der Waals surface area contributed by atoms with Crippen molar-refractivity contribution in [2.45, 2.75) is 289 Å². The normalized spacial score (nSPS) is 14.0. The van der Waals surface area contributed by atoms with E-state index in [4.69, 9.17) is 9.05 Å². The molecule has 0 aliphatic carbocycles. The summed E-state index contributed by atoms with van der Waals surface area (Å²) in [5.74, 6) is -0.143. The molecule has 1 amide bonds. The minimum atomic E-state index is -4.30. The number of likely N-dealkylation sites (N-methyl/N-ethyl adjacent to an activating group) is 1. The largest absolute Gasteiger partial charge is 0.472 e. The predicted octanol–water partition coefficient (Wildman–Crippen LogP) is 15.7. The van der Waals surface area contributed by atoms with Gasteiger partial charge in [0.1, 0.15) is 13.2 Å². The molecule has 0 saturated carbocycles. The summed E-state index contributed by atoms with van der Waals surface area (Å²) in [6.07, 6.45) is 52.2. The zero-order chi connectivity index (χ0) is 45.0. The fourth-order valence-electron chi connectivity index (χ4n) is 8.34. The Bertz CT molecular complexity index is 963. The monoisotopic (exact) mass is 888 g/mol. The Hall–Kier alpha value is -0.500. The first kappa shape index (κ1) is 60.5. The number of unbranched alkanes of at least 4 members (excludes halogenated alkanes) is 37. The highest BCUT2D eigenvalue weighted by atomic mass is 31.2. The fourth-order valence-corrected chi connectivity index (χ4v) is 9.08. The van der Waals surface area contributed by atoms with Crippen LogP contribution in [0.3, 0.4) is 0 Å². The van der Waals surface area contributed by atoms with E-state index in [1.807, 2.05) is 21.1 Å². The number of quaternary nitrogens is 1. The Morgan fingerprint density at radius 3 is 1.10 bits per heavy atom. The van der Waals surface area contributed by atoms with Gasteiger partial charge in [-0.15, -0.1) is 0 Å². The highest BCUT2D eigenvalue weighted by Crippen LogP contribution is 2.43. The van der Waals surface area contributed by atoms with Crippen molar-refractivity contribution in [2.75, 3.05) is 40.9 Å². The zero-order valence-electron chi connectivity index (χ0n) is 41.7. The summed E-state index contributed by atoms with van der Waals surface area (Å²) in [5.41, 5.74) is 0. The first-order valence-electron chi connectivity index (χ1n) is 26.9. The van der Waals surface area contributed by atoms with Crippen molar-refractivity contribution in [1.29, 1.82) is 0 Å². The third-order valence-electron chi connectivity index (χ3n) is 12.6. The van der Waals surface area contributed by atoms with Gasteiger partial charge in [0.15, 0.2) is 0 Å². The molecule has 0 aromatic rings. The molecule has 0 aromatic heterocycles. The summed E-state index contributed by atoms with van der Waals surface area (Å²) < 4.78 is 23.5. The number of nitrogens with zero attached hydrogens (tertiary/aromatic N) is 1. The van der Waals surface area contributed by atoms with Gasteiger partial charge in [-0.2, -0.15) is 0 Å². The summed E-state index contributed by atoms with van der Waals surface area (Å²) in [7, 11) is 1.63. The second-order valence-electron chi connectivity index (χ2n) is 20.0. The summed E-state index contributed by atoms with van der Waals surface area (Å²) in [6.45, 7) is 4.85. The molecular formula is C52H108N2O6P+. The second-order valence-corrected chi connectivity index (χ2v) is 21.4. The van der Waals surface area contributed by atoms with Crippen molar-refractivity contribution in [3.63, 3.8) is 0 Å². The van der Waals surface area contributed by atoms with Gasteiger partial charge in [0.25, 0.3) is 0 Å². The number of aliphatic hydroxyl groups excluding tert-OH is 1. The van der Waals surface area contributed by atoms with Gasteiger partial charge in [0.2, 0.25) is 5.91 Å². The van der Waals surface area contributed by atoms with Crippen LogP contribution in [-0.2, 0) is 18.4 Å². The number of nitrogens with one attached hydrogen (secondary N) is 1. The molecule has 3 unspecified atom stereocenters. The number of hydrogen-bond donors (Lipinski definition) is 3. The molecule has 61 heavy (non-hydrogen) atoms. The van der Waals surface area contributed by atoms with Crippen molar-refractivity contribution >= 4 is 13.7 Å². The van der Waals surface area contributed by atoms with Gasteiger partial charge >= 0.3 is 7.82 Å². The lowest BCUT2D eigenvalue weighted by Crippen LogP contribution is -2.46. The summed E-state index contributed by atoms with van der Waals surface area (Å²) in [4.78, 5) is 23.1. The Kier molecular flexibility index (Phi) is 44.3. The van der Waals surface area contributed by atoms with Crippen LogP contribution in [0.15, 0.2) is 0 Å². The average Bonchev–Trinajstić information content (AvgIpc) is 3.21. The number of amides is 1. The third kappa shape index (κ3) is 47.3. The van der Waals surface area contributed by atoms with Crippen LogP contribution in [0, 0.1) is 0 Å². The number of hydrogen-bond acceptors (Lipinski definition) is 5. The Morgan fingerprint density at radius 1 is 0.492 bits per heavy atom. The molecule has 9 heteroatoms. The first-order valence-corrected chi connectivity index (χ1v) is 28.4. The summed E-state index contributed by atoms with van der Waals surface area (Å²) in [5, 5.41) is 13.8. The Morgan fingerprint density at radius 2 is 0.787 bits per heavy atom. The van der Waals surface area contributed by atoms with Crippen LogP contribution in [0.2, 0.25) is 0 Å². The minimum absolute atomic E-state index is 0.0777. The molecule has 3 atom stereocenters. The maximum Gasteiger partial charge on any atom is 0.472 e. The van der Waals surface area contributed by atoms with Crippen molar-refractivity contribution < 1.29 is 32.9 Å². The van der Waals surface area contributed by atoms with Crippen LogP contribution in [0.25, 0.3) is 0 Å². The third-order valence-corrected chi connectivity index (χ3v) is 13.6. The lowest BCUT2D eigenvalue weighted by molar-refractivity contribution is -0.870. The van der Waals surface area contributed by atoms with Crippen molar-refractivity contribution in [1.82, 2.24) is 5.32 Å². The van der Waals surface area contributed by atoms with E-state index in [0.717, 1.165) is 38.5 Å². The van der Waals surface area contributed by atoms with E-state index in [-0.39, 0.29) is 19.1 Å². The maximum atomic E-state index is 12.8. The summed E-state index contributed by atoms with van der Waals surface area (Å²) >= 11 is 0. The Balaban J connectivity index is 3.75. The molecule has 0 heterocycles. The van der Waals surface area contributed by atoms with Crippen molar-refractivity contribution in [3.05, 3.63) is 0 Å². The fraction of sp³-hybridized carbons (Fsp3) is 0.981. The molecular weight excluding hydrogens is 780 g/mol. The van der Waals surface area contributed by atoms with Crippen molar-refractivity contribution in [2.24, 2.45) is 0 Å². The lowest BCUT2D eigenvalue weighted by Gasteiger charge is -2.26. The molecule has 8 nitrogen and oxygen atoms in total. The van der Waals surface area contributed by atoms with Gasteiger partial charge < -0.3 is 19.8 Å². The molecule has 0 aromatic carbocycles. The number of phosphoric ester groups is 1. The molecule has 0 fully saturated rings. The molecule has 0 aliphatic heterocycles. The van der Waals surface area contributed by atoms with Gasteiger partial charge in [-0.1, -0.05) is 258 Å². The van der Waals surface area contributed by atoms with Gasteiger partial charge in [-0.05, 0) is 12.8 Å². The van der Waals surface area contributed by atoms with E-state index in [9.17, 15) is 19.4 Å². The van der Waals surface area contributed by atoms with Gasteiger partial charge in [-0.25, -0.2) is 4.57 Å². The predicted molar refractivity (Wildman–Crippen MR) is 263 cm³/mol. The molecule has 0 bridgehead atoms. The standard InChI is InChI=1S/C52H107N2O6P/c1-6-8-10-12-14-15-16-17-18-19-20-21-22-23-24-25-26-27-28-29-30-31-32-33-34-35-36-37-38-39-40-42-44-46-52(56)53-50(51(55)45-43-41-13-11-9-7-2)49-60-61(57,58)59-48-47-54(3,4)5/h50-51,55H,6-49H2,1-5H3,(H-,53,56,57,58)/p+1. The number of carbonyl (C=O) groups is 1. The topological polar surface area (TPSA) is 105 Å². The smallest absolute Gasteiger partial charge is 0.391 e. The lowest BCUT2D eigenvalue weighted by atomic mass is 10.0. The highest BCUT2D eigenvalue weighted by Gasteiger charge is 2.28. The van der Waals surface area contributed by atoms with E-state index >= 15 is 0 Å². The van der Waals surface area contributed by atoms with Crippen LogP contribution in [-0.4, -0.2) is 73.4 Å². The molecule has 0 aliphatic rings. The van der Waals surface area contributed by atoms with E-state index in [1.165, 1.54) is 212 Å². The van der Waals surface area contributed by atoms with Crippen LogP contribution < -0.4 is 5.32 Å². The van der Waals surface area contributed by atoms with Crippen LogP contribution >= 0.6 is 7.82 Å². The quantitative estimate of drug-likeness (QED) is 0.0319. The highest BCUT2D eigenvalue weighted by molar-refractivity contribution is 7.47. The first-order chi connectivity index (χ1) is 29.5. The van der Waals surface area contributed by atoms with Gasteiger partial charge in [0, 0.05) is 6.42 Å². The number of phosphoric acid groups is 1. The zero-order valence-corrected chi connectivity index (χ0v) is 42.6. The number of rotatable bonds is 50. The number of carbonyl (C=O) groups excluding carboxylic acids is 1. The maximum absolute atomic E-state index is 12.8. The second kappa shape index (κ2) is 44.7. The molecule has 0 radical (unpaired) electrons. The molecule has 0 spiro atoms. The molecule has 3 N–H and O–H groups in total. The van der Waals surface area contributed by atoms with Crippen LogP contribution in [0.1, 0.15) is 277 Å². The average molecular weight is 888 g/mol.